The van der Waals surface area contributed by atoms with Crippen molar-refractivity contribution in [2.24, 2.45) is 5.10 Å². The van der Waals surface area contributed by atoms with Gasteiger partial charge in [0.25, 0.3) is 5.91 Å². The van der Waals surface area contributed by atoms with E-state index < -0.39 is 5.91 Å². The highest BCUT2D eigenvalue weighted by Crippen LogP contribution is 2.28. The molecule has 2 aromatic rings. The van der Waals surface area contributed by atoms with Crippen molar-refractivity contribution in [2.75, 3.05) is 12.3 Å². The maximum Gasteiger partial charge on any atom is 0.273 e. The Labute approximate surface area is 151 Å². The molecule has 1 amide bonds. The van der Waals surface area contributed by atoms with Gasteiger partial charge in [-0.3, -0.25) is 4.79 Å². The Balaban J connectivity index is 2.14. The largest absolute Gasteiger partial charge is 0.493 e. The molecule has 2 rings (SSSR count). The van der Waals surface area contributed by atoms with Gasteiger partial charge in [-0.05, 0) is 47.1 Å². The fraction of sp³-hybridized carbons (Fsp3) is 0.125. The van der Waals surface area contributed by atoms with Crippen LogP contribution in [-0.2, 0) is 0 Å². The van der Waals surface area contributed by atoms with Crippen LogP contribution in [0.4, 0.5) is 5.69 Å². The molecule has 0 saturated carbocycles. The summed E-state index contributed by atoms with van der Waals surface area (Å²) in [6.07, 6.45) is 1.53. The fourth-order valence-corrected chi connectivity index (χ4v) is 3.09. The predicted octanol–water partition coefficient (Wildman–Crippen LogP) is 3.96. The van der Waals surface area contributed by atoms with E-state index in [4.69, 9.17) is 10.5 Å². The van der Waals surface area contributed by atoms with E-state index in [0.717, 1.165) is 10.0 Å². The highest BCUT2D eigenvalue weighted by atomic mass is 79.9. The Morgan fingerprint density at radius 2 is 2.09 bits per heavy atom. The molecule has 0 atom stereocenters. The summed E-state index contributed by atoms with van der Waals surface area (Å²) in [7, 11) is 0. The molecule has 120 valence electrons. The van der Waals surface area contributed by atoms with Crippen LogP contribution in [0.25, 0.3) is 0 Å². The van der Waals surface area contributed by atoms with Crippen LogP contribution in [-0.4, -0.2) is 18.7 Å². The number of anilines is 1. The molecule has 23 heavy (non-hydrogen) atoms. The van der Waals surface area contributed by atoms with Crippen LogP contribution in [0.2, 0.25) is 0 Å². The quantitative estimate of drug-likeness (QED) is 0.419. The van der Waals surface area contributed by atoms with E-state index in [-0.39, 0.29) is 0 Å². The van der Waals surface area contributed by atoms with Crippen molar-refractivity contribution in [3.05, 3.63) is 56.5 Å². The minimum absolute atomic E-state index is 0.335. The molecule has 0 aliphatic carbocycles. The topological polar surface area (TPSA) is 76.7 Å². The second kappa shape index (κ2) is 8.12. The van der Waals surface area contributed by atoms with Crippen LogP contribution < -0.4 is 15.9 Å². The van der Waals surface area contributed by atoms with E-state index >= 15 is 0 Å². The third-order valence-corrected chi connectivity index (χ3v) is 4.04. The fourth-order valence-electron chi connectivity index (χ4n) is 1.87. The first-order chi connectivity index (χ1) is 11.0. The number of carbonyl (C=O) groups excluding carboxylic acids is 1. The van der Waals surface area contributed by atoms with Crippen LogP contribution in [0.1, 0.15) is 22.8 Å². The summed E-state index contributed by atoms with van der Waals surface area (Å²) in [5.41, 5.74) is 9.83. The summed E-state index contributed by atoms with van der Waals surface area (Å²) in [6, 6.07) is 10.9. The van der Waals surface area contributed by atoms with E-state index in [2.05, 4.69) is 42.4 Å². The van der Waals surface area contributed by atoms with E-state index in [9.17, 15) is 4.79 Å². The van der Waals surface area contributed by atoms with Crippen LogP contribution in [0.5, 0.6) is 5.75 Å². The molecule has 0 heterocycles. The third kappa shape index (κ3) is 4.56. The minimum atomic E-state index is -0.394. The van der Waals surface area contributed by atoms with Crippen molar-refractivity contribution in [1.82, 2.24) is 5.43 Å². The van der Waals surface area contributed by atoms with Crippen molar-refractivity contribution >= 4 is 49.7 Å². The van der Waals surface area contributed by atoms with Crippen molar-refractivity contribution in [2.45, 2.75) is 6.92 Å². The van der Waals surface area contributed by atoms with Crippen molar-refractivity contribution in [3.8, 4) is 5.75 Å². The Bertz CT molecular complexity index is 748. The lowest BCUT2D eigenvalue weighted by Gasteiger charge is -2.08. The van der Waals surface area contributed by atoms with Crippen molar-refractivity contribution in [1.29, 1.82) is 0 Å². The van der Waals surface area contributed by atoms with E-state index in [0.29, 0.717) is 28.1 Å². The van der Waals surface area contributed by atoms with Gasteiger partial charge < -0.3 is 10.5 Å². The summed E-state index contributed by atoms with van der Waals surface area (Å²) < 4.78 is 6.88. The first kappa shape index (κ1) is 17.5. The summed E-state index contributed by atoms with van der Waals surface area (Å²) in [4.78, 5) is 12.2. The molecule has 7 heteroatoms. The minimum Gasteiger partial charge on any atom is -0.493 e. The zero-order valence-electron chi connectivity index (χ0n) is 12.3. The van der Waals surface area contributed by atoms with Gasteiger partial charge in [0.1, 0.15) is 5.75 Å². The lowest BCUT2D eigenvalue weighted by molar-refractivity contribution is 0.0956. The smallest absolute Gasteiger partial charge is 0.273 e. The van der Waals surface area contributed by atoms with Gasteiger partial charge in [-0.1, -0.05) is 28.1 Å². The summed E-state index contributed by atoms with van der Waals surface area (Å²) in [5.74, 6) is 0.312. The number of para-hydroxylation sites is 1. The van der Waals surface area contributed by atoms with Gasteiger partial charge in [0.2, 0.25) is 0 Å². The van der Waals surface area contributed by atoms with Crippen LogP contribution in [0, 0.1) is 0 Å². The van der Waals surface area contributed by atoms with Gasteiger partial charge in [-0.2, -0.15) is 5.10 Å². The maximum absolute atomic E-state index is 12.2. The first-order valence-electron chi connectivity index (χ1n) is 6.82. The molecule has 0 saturated heterocycles. The molecule has 3 N–H and O–H groups in total. The molecular formula is C16H15Br2N3O2. The van der Waals surface area contributed by atoms with Gasteiger partial charge in [0.15, 0.2) is 0 Å². The van der Waals surface area contributed by atoms with Gasteiger partial charge >= 0.3 is 0 Å². The Hall–Kier alpha value is -1.86. The third-order valence-electron chi connectivity index (χ3n) is 2.93. The molecule has 0 spiro atoms. The molecule has 0 bridgehead atoms. The van der Waals surface area contributed by atoms with E-state index in [1.807, 2.05) is 31.2 Å². The standard InChI is InChI=1S/C16H15Br2N3O2/c1-2-23-14-6-4-3-5-10(14)9-20-21-16(22)12-7-11(17)8-13(18)15(12)19/h3-9H,2,19H2,1H3,(H,21,22). The number of benzene rings is 2. The molecule has 0 fully saturated rings. The van der Waals surface area contributed by atoms with E-state index in [1.54, 1.807) is 12.1 Å². The number of halogens is 2. The molecule has 0 aliphatic heterocycles. The number of nitrogens with two attached hydrogens (primary N) is 1. The monoisotopic (exact) mass is 439 g/mol. The average molecular weight is 441 g/mol. The first-order valence-corrected chi connectivity index (χ1v) is 8.41. The van der Waals surface area contributed by atoms with Crippen molar-refractivity contribution < 1.29 is 9.53 Å². The van der Waals surface area contributed by atoms with Gasteiger partial charge in [0.05, 0.1) is 24.1 Å². The molecule has 2 aromatic carbocycles. The zero-order chi connectivity index (χ0) is 16.8. The Morgan fingerprint density at radius 3 is 2.83 bits per heavy atom. The number of nitrogen functional groups attached to an aromatic ring is 1. The van der Waals surface area contributed by atoms with Crippen molar-refractivity contribution in [3.63, 3.8) is 0 Å². The Morgan fingerprint density at radius 1 is 1.35 bits per heavy atom. The number of ether oxygens (including phenoxy) is 1. The number of hydrogen-bond donors (Lipinski definition) is 2. The summed E-state index contributed by atoms with van der Waals surface area (Å²) in [6.45, 7) is 2.46. The molecule has 5 nitrogen and oxygen atoms in total. The number of amides is 1. The molecule has 0 aromatic heterocycles. The second-order valence-electron chi connectivity index (χ2n) is 4.52. The highest BCUT2D eigenvalue weighted by Gasteiger charge is 2.12. The number of nitrogens with one attached hydrogen (secondary N) is 1. The second-order valence-corrected chi connectivity index (χ2v) is 6.29. The summed E-state index contributed by atoms with van der Waals surface area (Å²) in [5, 5.41) is 3.97. The number of carbonyl (C=O) groups is 1. The van der Waals surface area contributed by atoms with E-state index in [1.165, 1.54) is 6.21 Å². The predicted molar refractivity (Wildman–Crippen MR) is 98.9 cm³/mol. The molecular weight excluding hydrogens is 426 g/mol. The lowest BCUT2D eigenvalue weighted by atomic mass is 10.2. The van der Waals surface area contributed by atoms with Gasteiger partial charge in [-0.25, -0.2) is 5.43 Å². The Kier molecular flexibility index (Phi) is 6.18. The normalized spacial score (nSPS) is 10.7. The van der Waals surface area contributed by atoms with Crippen LogP contribution >= 0.6 is 31.9 Å². The number of nitrogens with zero attached hydrogens (tertiary/aromatic N) is 1. The number of rotatable bonds is 5. The van der Waals surface area contributed by atoms with Gasteiger partial charge in [-0.15, -0.1) is 0 Å². The highest BCUT2D eigenvalue weighted by molar-refractivity contribution is 9.11. The number of hydrazone groups is 1. The SMILES string of the molecule is CCOc1ccccc1C=NNC(=O)c1cc(Br)cc(Br)c1N. The summed E-state index contributed by atoms with van der Waals surface area (Å²) >= 11 is 6.63. The van der Waals surface area contributed by atoms with Gasteiger partial charge in [0, 0.05) is 14.5 Å². The lowest BCUT2D eigenvalue weighted by Crippen LogP contribution is -2.19. The molecule has 0 aliphatic rings. The maximum atomic E-state index is 12.2. The zero-order valence-corrected chi connectivity index (χ0v) is 15.5. The molecule has 0 unspecified atom stereocenters. The van der Waals surface area contributed by atoms with Crippen LogP contribution in [0.15, 0.2) is 50.4 Å². The average Bonchev–Trinajstić information content (AvgIpc) is 2.52. The number of hydrogen-bond acceptors (Lipinski definition) is 4. The van der Waals surface area contributed by atoms with Crippen LogP contribution in [0.3, 0.4) is 0 Å². The molecule has 0 radical (unpaired) electrons.